The molecule has 1 N–H and O–H groups in total. The standard InChI is InChI=1S/C25H30N2O5/c1-16(2)10-24(28)27-13-20(18-5-7-19(30-3)8-6-18)21(14-27)25(29)26-12-17-4-9-22-23(11-17)32-15-31-22/h4-9,11,16,20-21H,10,12-15H2,1-3H3,(H,26,29)/t20-,21-/m0/s1. The van der Waals surface area contributed by atoms with E-state index in [1.165, 1.54) is 0 Å². The summed E-state index contributed by atoms with van der Waals surface area (Å²) in [4.78, 5) is 27.8. The molecule has 1 fully saturated rings. The number of hydrogen-bond acceptors (Lipinski definition) is 5. The molecule has 0 bridgehead atoms. The van der Waals surface area contributed by atoms with Gasteiger partial charge in [0.1, 0.15) is 5.75 Å². The third kappa shape index (κ3) is 4.82. The quantitative estimate of drug-likeness (QED) is 0.718. The number of benzene rings is 2. The first-order valence-electron chi connectivity index (χ1n) is 11.0. The minimum absolute atomic E-state index is 0.0525. The number of carbonyl (C=O) groups excluding carboxylic acids is 2. The third-order valence-corrected chi connectivity index (χ3v) is 6.04. The Kier molecular flexibility index (Phi) is 6.53. The van der Waals surface area contributed by atoms with Gasteiger partial charge in [0.05, 0.1) is 13.0 Å². The smallest absolute Gasteiger partial charge is 0.231 e. The van der Waals surface area contributed by atoms with Gasteiger partial charge in [0.2, 0.25) is 18.6 Å². The number of nitrogens with one attached hydrogen (secondary N) is 1. The lowest BCUT2D eigenvalue weighted by Crippen LogP contribution is -2.35. The summed E-state index contributed by atoms with van der Waals surface area (Å²) in [6.07, 6.45) is 0.487. The Hall–Kier alpha value is -3.22. The Morgan fingerprint density at radius 3 is 2.56 bits per heavy atom. The molecule has 0 saturated carbocycles. The number of fused-ring (bicyclic) bond motifs is 1. The van der Waals surface area contributed by atoms with Crippen molar-refractivity contribution in [3.63, 3.8) is 0 Å². The average molecular weight is 439 g/mol. The molecule has 0 radical (unpaired) electrons. The number of methoxy groups -OCH3 is 1. The Labute approximate surface area is 188 Å². The van der Waals surface area contributed by atoms with Crippen LogP contribution in [0.4, 0.5) is 0 Å². The molecule has 1 saturated heterocycles. The predicted octanol–water partition coefficient (Wildman–Crippen LogP) is 3.33. The topological polar surface area (TPSA) is 77.1 Å². The summed E-state index contributed by atoms with van der Waals surface area (Å²) >= 11 is 0. The minimum Gasteiger partial charge on any atom is -0.497 e. The molecule has 0 aromatic heterocycles. The number of rotatable bonds is 7. The Bertz CT molecular complexity index is 973. The SMILES string of the molecule is COc1ccc([C@@H]2CN(C(=O)CC(C)C)C[C@@H]2C(=O)NCc2ccc3c(c2)OCO3)cc1. The van der Waals surface area contributed by atoms with Gasteiger partial charge >= 0.3 is 0 Å². The summed E-state index contributed by atoms with van der Waals surface area (Å²) in [5.74, 6) is 2.13. The fraction of sp³-hybridized carbons (Fsp3) is 0.440. The molecule has 2 aliphatic rings. The average Bonchev–Trinajstić information content (AvgIpc) is 3.44. The van der Waals surface area contributed by atoms with E-state index in [0.717, 1.165) is 22.6 Å². The lowest BCUT2D eigenvalue weighted by Gasteiger charge is -2.18. The van der Waals surface area contributed by atoms with Crippen molar-refractivity contribution in [2.45, 2.75) is 32.7 Å². The monoisotopic (exact) mass is 438 g/mol. The van der Waals surface area contributed by atoms with Crippen LogP contribution < -0.4 is 19.5 Å². The number of amides is 2. The molecular formula is C25H30N2O5. The van der Waals surface area contributed by atoms with Crippen LogP contribution in [-0.2, 0) is 16.1 Å². The van der Waals surface area contributed by atoms with Gasteiger partial charge in [0, 0.05) is 32.0 Å². The second-order valence-corrected chi connectivity index (χ2v) is 8.79. The van der Waals surface area contributed by atoms with Crippen LogP contribution in [0.5, 0.6) is 17.2 Å². The molecule has 0 aliphatic carbocycles. The molecule has 7 heteroatoms. The van der Waals surface area contributed by atoms with Crippen LogP contribution in [0.2, 0.25) is 0 Å². The lowest BCUT2D eigenvalue weighted by molar-refractivity contribution is -0.131. The summed E-state index contributed by atoms with van der Waals surface area (Å²) in [7, 11) is 1.63. The van der Waals surface area contributed by atoms with E-state index < -0.39 is 0 Å². The molecule has 2 heterocycles. The van der Waals surface area contributed by atoms with Crippen LogP contribution in [-0.4, -0.2) is 43.7 Å². The molecule has 0 spiro atoms. The highest BCUT2D eigenvalue weighted by Crippen LogP contribution is 2.35. The second-order valence-electron chi connectivity index (χ2n) is 8.79. The van der Waals surface area contributed by atoms with E-state index in [1.54, 1.807) is 7.11 Å². The van der Waals surface area contributed by atoms with Crippen molar-refractivity contribution in [2.24, 2.45) is 11.8 Å². The van der Waals surface area contributed by atoms with Crippen molar-refractivity contribution in [3.05, 3.63) is 53.6 Å². The van der Waals surface area contributed by atoms with Gasteiger partial charge < -0.3 is 24.4 Å². The van der Waals surface area contributed by atoms with Crippen molar-refractivity contribution in [1.82, 2.24) is 10.2 Å². The molecule has 170 valence electrons. The van der Waals surface area contributed by atoms with Crippen molar-refractivity contribution in [2.75, 3.05) is 27.0 Å². The molecule has 2 atom stereocenters. The first kappa shape index (κ1) is 22.0. The zero-order chi connectivity index (χ0) is 22.7. The molecule has 32 heavy (non-hydrogen) atoms. The van der Waals surface area contributed by atoms with E-state index in [0.29, 0.717) is 31.8 Å². The number of nitrogens with zero attached hydrogens (tertiary/aromatic N) is 1. The summed E-state index contributed by atoms with van der Waals surface area (Å²) in [6.45, 7) is 5.64. The summed E-state index contributed by atoms with van der Waals surface area (Å²) in [6, 6.07) is 13.4. The van der Waals surface area contributed by atoms with Crippen LogP contribution >= 0.6 is 0 Å². The number of hydrogen-bond donors (Lipinski definition) is 1. The fourth-order valence-corrected chi connectivity index (χ4v) is 4.31. The van der Waals surface area contributed by atoms with Crippen molar-refractivity contribution in [3.8, 4) is 17.2 Å². The highest BCUT2D eigenvalue weighted by Gasteiger charge is 2.40. The van der Waals surface area contributed by atoms with E-state index in [1.807, 2.05) is 61.2 Å². The number of carbonyl (C=O) groups is 2. The van der Waals surface area contributed by atoms with Gasteiger partial charge in [-0.05, 0) is 41.3 Å². The van der Waals surface area contributed by atoms with Gasteiger partial charge in [0.15, 0.2) is 11.5 Å². The van der Waals surface area contributed by atoms with E-state index in [4.69, 9.17) is 14.2 Å². The lowest BCUT2D eigenvalue weighted by atomic mass is 9.88. The van der Waals surface area contributed by atoms with E-state index in [9.17, 15) is 9.59 Å². The number of ether oxygens (including phenoxy) is 3. The van der Waals surface area contributed by atoms with E-state index in [2.05, 4.69) is 5.32 Å². The van der Waals surface area contributed by atoms with Crippen LogP contribution in [0.3, 0.4) is 0 Å². The van der Waals surface area contributed by atoms with Gasteiger partial charge in [0.25, 0.3) is 0 Å². The van der Waals surface area contributed by atoms with Crippen molar-refractivity contribution >= 4 is 11.8 Å². The van der Waals surface area contributed by atoms with Gasteiger partial charge in [-0.15, -0.1) is 0 Å². The molecule has 2 aliphatic heterocycles. The fourth-order valence-electron chi connectivity index (χ4n) is 4.31. The van der Waals surface area contributed by atoms with Gasteiger partial charge in [-0.2, -0.15) is 0 Å². The maximum Gasteiger partial charge on any atom is 0.231 e. The molecule has 4 rings (SSSR count). The maximum absolute atomic E-state index is 13.2. The van der Waals surface area contributed by atoms with Crippen molar-refractivity contribution in [1.29, 1.82) is 0 Å². The van der Waals surface area contributed by atoms with Crippen LogP contribution in [0.1, 0.15) is 37.3 Å². The summed E-state index contributed by atoms with van der Waals surface area (Å²) in [5.41, 5.74) is 1.98. The maximum atomic E-state index is 13.2. The Morgan fingerprint density at radius 2 is 1.84 bits per heavy atom. The van der Waals surface area contributed by atoms with Gasteiger partial charge in [-0.1, -0.05) is 32.0 Å². The number of likely N-dealkylation sites (tertiary alicyclic amines) is 1. The van der Waals surface area contributed by atoms with Gasteiger partial charge in [-0.3, -0.25) is 9.59 Å². The van der Waals surface area contributed by atoms with E-state index in [-0.39, 0.29) is 36.4 Å². The second kappa shape index (κ2) is 9.51. The molecule has 2 aromatic carbocycles. The van der Waals surface area contributed by atoms with Crippen LogP contribution in [0.15, 0.2) is 42.5 Å². The summed E-state index contributed by atoms with van der Waals surface area (Å²) in [5, 5.41) is 3.06. The Morgan fingerprint density at radius 1 is 1.09 bits per heavy atom. The normalized spacial score (nSPS) is 19.3. The highest BCUT2D eigenvalue weighted by atomic mass is 16.7. The molecule has 7 nitrogen and oxygen atoms in total. The molecule has 0 unspecified atom stereocenters. The van der Waals surface area contributed by atoms with Crippen LogP contribution in [0.25, 0.3) is 0 Å². The van der Waals surface area contributed by atoms with Gasteiger partial charge in [-0.25, -0.2) is 0 Å². The third-order valence-electron chi connectivity index (χ3n) is 6.04. The Balaban J connectivity index is 1.48. The first-order chi connectivity index (χ1) is 15.4. The zero-order valence-corrected chi connectivity index (χ0v) is 18.8. The predicted molar refractivity (Wildman–Crippen MR) is 120 cm³/mol. The molecular weight excluding hydrogens is 408 g/mol. The molecule has 2 amide bonds. The van der Waals surface area contributed by atoms with Crippen LogP contribution in [0, 0.1) is 11.8 Å². The summed E-state index contributed by atoms with van der Waals surface area (Å²) < 4.78 is 16.0. The largest absolute Gasteiger partial charge is 0.497 e. The highest BCUT2D eigenvalue weighted by molar-refractivity contribution is 5.83. The minimum atomic E-state index is -0.312. The van der Waals surface area contributed by atoms with E-state index >= 15 is 0 Å². The first-order valence-corrected chi connectivity index (χ1v) is 11.0. The molecule has 2 aromatic rings. The van der Waals surface area contributed by atoms with Crippen molar-refractivity contribution < 1.29 is 23.8 Å². The zero-order valence-electron chi connectivity index (χ0n) is 18.8.